The Morgan fingerprint density at radius 1 is 1.58 bits per heavy atom. The molecule has 5 nitrogen and oxygen atoms in total. The van der Waals surface area contributed by atoms with Gasteiger partial charge >= 0.3 is 5.97 Å². The molecule has 0 aliphatic rings. The van der Waals surface area contributed by atoms with Crippen molar-refractivity contribution < 1.29 is 9.90 Å². The van der Waals surface area contributed by atoms with Crippen LogP contribution in [-0.2, 0) is 7.05 Å². The molecule has 0 unspecified atom stereocenters. The second kappa shape index (κ2) is 2.92. The Balaban J connectivity index is 3.09. The molecule has 66 valence electrons. The van der Waals surface area contributed by atoms with Crippen LogP contribution in [0.1, 0.15) is 36.2 Å². The summed E-state index contributed by atoms with van der Waals surface area (Å²) in [5.41, 5.74) is 0. The lowest BCUT2D eigenvalue weighted by molar-refractivity contribution is 0.0683. The molecular formula is C7H11N3O2. The minimum absolute atomic E-state index is 0.138. The summed E-state index contributed by atoms with van der Waals surface area (Å²) in [7, 11) is 1.69. The van der Waals surface area contributed by atoms with Crippen LogP contribution in [0.2, 0.25) is 0 Å². The maximum atomic E-state index is 10.5. The topological polar surface area (TPSA) is 68.0 Å². The van der Waals surface area contributed by atoms with Crippen molar-refractivity contribution in [1.82, 2.24) is 14.8 Å². The minimum Gasteiger partial charge on any atom is -0.475 e. The first-order valence-electron chi connectivity index (χ1n) is 3.66. The molecule has 0 atom stereocenters. The van der Waals surface area contributed by atoms with Crippen LogP contribution in [-0.4, -0.2) is 25.8 Å². The summed E-state index contributed by atoms with van der Waals surface area (Å²) in [5, 5.41) is 12.3. The fourth-order valence-electron chi connectivity index (χ4n) is 0.990. The highest BCUT2D eigenvalue weighted by Crippen LogP contribution is 2.09. The maximum Gasteiger partial charge on any atom is 0.375 e. The van der Waals surface area contributed by atoms with Gasteiger partial charge in [0.05, 0.1) is 0 Å². The van der Waals surface area contributed by atoms with Gasteiger partial charge in [-0.15, -0.1) is 5.10 Å². The predicted octanol–water partition coefficient (Wildman–Crippen LogP) is 0.637. The lowest BCUT2D eigenvalue weighted by atomic mass is 10.2. The minimum atomic E-state index is -1.09. The molecule has 1 aromatic rings. The van der Waals surface area contributed by atoms with E-state index >= 15 is 0 Å². The first kappa shape index (κ1) is 8.70. The second-order valence-corrected chi connectivity index (χ2v) is 2.88. The van der Waals surface area contributed by atoms with Crippen LogP contribution in [0.3, 0.4) is 0 Å². The van der Waals surface area contributed by atoms with Crippen molar-refractivity contribution in [2.24, 2.45) is 7.05 Å². The number of aromatic carboxylic acids is 1. The fraction of sp³-hybridized carbons (Fsp3) is 0.571. The van der Waals surface area contributed by atoms with Gasteiger partial charge in [-0.3, -0.25) is 4.68 Å². The van der Waals surface area contributed by atoms with Crippen molar-refractivity contribution >= 4 is 5.97 Å². The van der Waals surface area contributed by atoms with Crippen molar-refractivity contribution in [3.05, 3.63) is 11.6 Å². The van der Waals surface area contributed by atoms with Gasteiger partial charge in [0.15, 0.2) is 0 Å². The summed E-state index contributed by atoms with van der Waals surface area (Å²) in [6.45, 7) is 3.88. The van der Waals surface area contributed by atoms with Crippen molar-refractivity contribution in [2.45, 2.75) is 19.8 Å². The van der Waals surface area contributed by atoms with Gasteiger partial charge in [0.25, 0.3) is 5.82 Å². The Bertz CT molecular complexity index is 304. The summed E-state index contributed by atoms with van der Waals surface area (Å²) < 4.78 is 1.49. The van der Waals surface area contributed by atoms with Gasteiger partial charge in [0.1, 0.15) is 5.82 Å². The van der Waals surface area contributed by atoms with Crippen LogP contribution < -0.4 is 0 Å². The number of carboxylic acid groups (broad SMARTS) is 1. The third-order valence-corrected chi connectivity index (χ3v) is 1.50. The van der Waals surface area contributed by atoms with Crippen LogP contribution in [0.25, 0.3) is 0 Å². The van der Waals surface area contributed by atoms with Gasteiger partial charge in [-0.25, -0.2) is 9.78 Å². The molecule has 0 saturated carbocycles. The Hall–Kier alpha value is -1.39. The van der Waals surface area contributed by atoms with E-state index in [9.17, 15) is 4.79 Å². The van der Waals surface area contributed by atoms with Gasteiger partial charge in [-0.1, -0.05) is 13.8 Å². The molecule has 1 aromatic heterocycles. The molecule has 1 rings (SSSR count). The van der Waals surface area contributed by atoms with E-state index in [0.717, 1.165) is 0 Å². The number of aryl methyl sites for hydroxylation is 1. The van der Waals surface area contributed by atoms with E-state index in [2.05, 4.69) is 10.1 Å². The number of nitrogens with zero attached hydrogens (tertiary/aromatic N) is 3. The standard InChI is InChI=1S/C7H11N3O2/c1-4(2)6-8-5(7(11)12)9-10(6)3/h4H,1-3H3,(H,11,12). The molecule has 1 N–H and O–H groups in total. The molecule has 0 aliphatic carbocycles. The molecule has 0 saturated heterocycles. The Morgan fingerprint density at radius 3 is 2.42 bits per heavy atom. The highest BCUT2D eigenvalue weighted by molar-refractivity contribution is 5.82. The summed E-state index contributed by atoms with van der Waals surface area (Å²) >= 11 is 0. The first-order chi connectivity index (χ1) is 5.52. The fourth-order valence-corrected chi connectivity index (χ4v) is 0.990. The summed E-state index contributed by atoms with van der Waals surface area (Å²) in [5.74, 6) is -0.346. The molecule has 1 heterocycles. The first-order valence-corrected chi connectivity index (χ1v) is 3.66. The average molecular weight is 169 g/mol. The lowest BCUT2D eigenvalue weighted by Gasteiger charge is -2.00. The lowest BCUT2D eigenvalue weighted by Crippen LogP contribution is -2.01. The molecule has 0 aromatic carbocycles. The van der Waals surface area contributed by atoms with Crippen molar-refractivity contribution in [1.29, 1.82) is 0 Å². The van der Waals surface area contributed by atoms with Gasteiger partial charge < -0.3 is 5.11 Å². The van der Waals surface area contributed by atoms with E-state index in [1.165, 1.54) is 4.68 Å². The van der Waals surface area contributed by atoms with E-state index in [1.807, 2.05) is 13.8 Å². The molecule has 5 heteroatoms. The van der Waals surface area contributed by atoms with Crippen LogP contribution >= 0.6 is 0 Å². The van der Waals surface area contributed by atoms with Gasteiger partial charge in [-0.2, -0.15) is 0 Å². The van der Waals surface area contributed by atoms with Gasteiger partial charge in [0.2, 0.25) is 0 Å². The highest BCUT2D eigenvalue weighted by atomic mass is 16.4. The second-order valence-electron chi connectivity index (χ2n) is 2.88. The summed E-state index contributed by atoms with van der Waals surface area (Å²) in [6, 6.07) is 0. The number of rotatable bonds is 2. The number of carbonyl (C=O) groups is 1. The van der Waals surface area contributed by atoms with Crippen LogP contribution in [0.5, 0.6) is 0 Å². The third-order valence-electron chi connectivity index (χ3n) is 1.50. The quantitative estimate of drug-likeness (QED) is 0.705. The average Bonchev–Trinajstić information content (AvgIpc) is 2.30. The molecule has 0 radical (unpaired) electrons. The van der Waals surface area contributed by atoms with Crippen LogP contribution in [0, 0.1) is 0 Å². The molecule has 0 aliphatic heterocycles. The zero-order valence-corrected chi connectivity index (χ0v) is 7.27. The van der Waals surface area contributed by atoms with E-state index < -0.39 is 5.97 Å². The zero-order valence-electron chi connectivity index (χ0n) is 7.27. The third kappa shape index (κ3) is 1.44. The molecule has 0 amide bonds. The molecule has 0 spiro atoms. The number of hydrogen-bond acceptors (Lipinski definition) is 3. The predicted molar refractivity (Wildman–Crippen MR) is 42.1 cm³/mol. The highest BCUT2D eigenvalue weighted by Gasteiger charge is 2.14. The van der Waals surface area contributed by atoms with Crippen molar-refractivity contribution in [3.8, 4) is 0 Å². The van der Waals surface area contributed by atoms with E-state index in [-0.39, 0.29) is 11.7 Å². The normalized spacial score (nSPS) is 10.7. The number of carboxylic acids is 1. The van der Waals surface area contributed by atoms with E-state index in [1.54, 1.807) is 7.05 Å². The van der Waals surface area contributed by atoms with Gasteiger partial charge in [0, 0.05) is 13.0 Å². The molecule has 12 heavy (non-hydrogen) atoms. The molecule has 0 fully saturated rings. The van der Waals surface area contributed by atoms with Crippen molar-refractivity contribution in [3.63, 3.8) is 0 Å². The summed E-state index contributed by atoms with van der Waals surface area (Å²) in [4.78, 5) is 14.3. The molecular weight excluding hydrogens is 158 g/mol. The smallest absolute Gasteiger partial charge is 0.375 e. The SMILES string of the molecule is CC(C)c1nc(C(=O)O)nn1C. The Morgan fingerprint density at radius 2 is 2.17 bits per heavy atom. The Kier molecular flexibility index (Phi) is 2.12. The monoisotopic (exact) mass is 169 g/mol. The van der Waals surface area contributed by atoms with Gasteiger partial charge in [-0.05, 0) is 0 Å². The van der Waals surface area contributed by atoms with Crippen molar-refractivity contribution in [2.75, 3.05) is 0 Å². The molecule has 0 bridgehead atoms. The Labute approximate surface area is 70.0 Å². The number of aromatic nitrogens is 3. The largest absolute Gasteiger partial charge is 0.475 e. The van der Waals surface area contributed by atoms with Crippen LogP contribution in [0.15, 0.2) is 0 Å². The van der Waals surface area contributed by atoms with E-state index in [0.29, 0.717) is 5.82 Å². The zero-order chi connectivity index (χ0) is 9.30. The number of hydrogen-bond donors (Lipinski definition) is 1. The maximum absolute atomic E-state index is 10.5. The van der Waals surface area contributed by atoms with Crippen LogP contribution in [0.4, 0.5) is 0 Å². The van der Waals surface area contributed by atoms with E-state index in [4.69, 9.17) is 5.11 Å². The summed E-state index contributed by atoms with van der Waals surface area (Å²) in [6.07, 6.45) is 0.